The van der Waals surface area contributed by atoms with Crippen molar-refractivity contribution < 1.29 is 8.91 Å². The van der Waals surface area contributed by atoms with Crippen LogP contribution in [0, 0.1) is 19.7 Å². The highest BCUT2D eigenvalue weighted by Crippen LogP contribution is 2.38. The maximum Gasteiger partial charge on any atom is 0.258 e. The van der Waals surface area contributed by atoms with Crippen LogP contribution >= 0.6 is 12.2 Å². The smallest absolute Gasteiger partial charge is 0.258 e. The van der Waals surface area contributed by atoms with Gasteiger partial charge in [-0.15, -0.1) is 0 Å². The summed E-state index contributed by atoms with van der Waals surface area (Å²) in [7, 11) is 0. The molecule has 3 aromatic carbocycles. The summed E-state index contributed by atoms with van der Waals surface area (Å²) < 4.78 is 20.3. The SMILES string of the molecule is CC1=C(c2nc(-c3ccccc3)no2)C(c2ccc(C)c(C)c2)NC(=S)N1Cc1ccccc1F. The summed E-state index contributed by atoms with van der Waals surface area (Å²) in [6.07, 6.45) is 0. The van der Waals surface area contributed by atoms with E-state index >= 15 is 0 Å². The summed E-state index contributed by atoms with van der Waals surface area (Å²) >= 11 is 5.76. The molecule has 0 saturated carbocycles. The Morgan fingerprint density at radius 1 is 0.971 bits per heavy atom. The van der Waals surface area contributed by atoms with Gasteiger partial charge in [-0.05, 0) is 55.7 Å². The topological polar surface area (TPSA) is 54.2 Å². The third-order valence-corrected chi connectivity index (χ3v) is 6.77. The van der Waals surface area contributed by atoms with Crippen molar-refractivity contribution in [2.75, 3.05) is 0 Å². The molecule has 0 saturated heterocycles. The Morgan fingerprint density at radius 2 is 1.71 bits per heavy atom. The molecule has 176 valence electrons. The average Bonchev–Trinajstić information content (AvgIpc) is 3.34. The Hall–Kier alpha value is -3.84. The van der Waals surface area contributed by atoms with Crippen LogP contribution in [0.4, 0.5) is 4.39 Å². The predicted octanol–water partition coefficient (Wildman–Crippen LogP) is 6.36. The van der Waals surface area contributed by atoms with Crippen LogP contribution in [0.1, 0.15) is 41.1 Å². The maximum absolute atomic E-state index is 14.5. The van der Waals surface area contributed by atoms with Crippen LogP contribution in [0.15, 0.2) is 83.0 Å². The normalized spacial score (nSPS) is 15.9. The highest BCUT2D eigenvalue weighted by atomic mass is 32.1. The van der Waals surface area contributed by atoms with Gasteiger partial charge in [0.1, 0.15) is 5.82 Å². The maximum atomic E-state index is 14.5. The fraction of sp³-hybridized carbons (Fsp3) is 0.179. The van der Waals surface area contributed by atoms with Gasteiger partial charge in [-0.3, -0.25) is 0 Å². The second-order valence-electron chi connectivity index (χ2n) is 8.69. The molecular formula is C28H25FN4OS. The number of aromatic nitrogens is 2. The fourth-order valence-corrected chi connectivity index (χ4v) is 4.60. The molecule has 1 atom stereocenters. The number of thiocarbonyl (C=S) groups is 1. The molecule has 1 unspecified atom stereocenters. The lowest BCUT2D eigenvalue weighted by Crippen LogP contribution is -2.45. The summed E-state index contributed by atoms with van der Waals surface area (Å²) in [6.45, 7) is 6.41. The van der Waals surface area contributed by atoms with Gasteiger partial charge in [0, 0.05) is 16.8 Å². The summed E-state index contributed by atoms with van der Waals surface area (Å²) in [5.74, 6) is 0.636. The van der Waals surface area contributed by atoms with Crippen LogP contribution in [-0.4, -0.2) is 20.2 Å². The molecule has 1 N–H and O–H groups in total. The van der Waals surface area contributed by atoms with Crippen molar-refractivity contribution in [1.82, 2.24) is 20.4 Å². The van der Waals surface area contributed by atoms with Gasteiger partial charge in [0.25, 0.3) is 5.89 Å². The Bertz CT molecular complexity index is 1430. The first-order chi connectivity index (χ1) is 16.9. The third kappa shape index (κ3) is 4.47. The number of nitrogens with zero attached hydrogens (tertiary/aromatic N) is 3. The summed E-state index contributed by atoms with van der Waals surface area (Å²) in [5, 5.41) is 8.20. The van der Waals surface area contributed by atoms with E-state index in [2.05, 4.69) is 42.5 Å². The quantitative estimate of drug-likeness (QED) is 0.333. The van der Waals surface area contributed by atoms with Crippen LogP contribution in [-0.2, 0) is 6.54 Å². The summed E-state index contributed by atoms with van der Waals surface area (Å²) in [6, 6.07) is 22.4. The van der Waals surface area contributed by atoms with Crippen molar-refractivity contribution in [3.63, 3.8) is 0 Å². The molecular weight excluding hydrogens is 459 g/mol. The van der Waals surface area contributed by atoms with Crippen LogP contribution < -0.4 is 5.32 Å². The van der Waals surface area contributed by atoms with Gasteiger partial charge in [0.2, 0.25) is 5.82 Å². The zero-order valence-electron chi connectivity index (χ0n) is 19.7. The molecule has 0 radical (unpaired) electrons. The van der Waals surface area contributed by atoms with E-state index in [1.54, 1.807) is 12.1 Å². The number of rotatable bonds is 5. The Labute approximate surface area is 209 Å². The van der Waals surface area contributed by atoms with Gasteiger partial charge < -0.3 is 14.7 Å². The molecule has 2 heterocycles. The molecule has 1 aromatic heterocycles. The van der Waals surface area contributed by atoms with E-state index in [0.29, 0.717) is 22.4 Å². The average molecular weight is 485 g/mol. The van der Waals surface area contributed by atoms with Crippen LogP contribution in [0.25, 0.3) is 17.0 Å². The van der Waals surface area contributed by atoms with E-state index in [-0.39, 0.29) is 18.4 Å². The zero-order chi connectivity index (χ0) is 24.5. The monoisotopic (exact) mass is 484 g/mol. The minimum absolute atomic E-state index is 0.273. The van der Waals surface area contributed by atoms with Crippen LogP contribution in [0.5, 0.6) is 0 Å². The van der Waals surface area contributed by atoms with E-state index in [9.17, 15) is 4.39 Å². The largest absolute Gasteiger partial charge is 0.351 e. The van der Waals surface area contributed by atoms with Crippen molar-refractivity contribution in [2.45, 2.75) is 33.4 Å². The van der Waals surface area contributed by atoms with Crippen LogP contribution in [0.3, 0.4) is 0 Å². The molecule has 0 bridgehead atoms. The van der Waals surface area contributed by atoms with Gasteiger partial charge in [-0.25, -0.2) is 4.39 Å². The van der Waals surface area contributed by atoms with E-state index in [0.717, 1.165) is 22.4 Å². The predicted molar refractivity (Wildman–Crippen MR) is 139 cm³/mol. The Balaban J connectivity index is 1.62. The lowest BCUT2D eigenvalue weighted by atomic mass is 9.92. The molecule has 7 heteroatoms. The van der Waals surface area contributed by atoms with E-state index < -0.39 is 0 Å². The number of aryl methyl sites for hydroxylation is 2. The Morgan fingerprint density at radius 3 is 2.46 bits per heavy atom. The first-order valence-corrected chi connectivity index (χ1v) is 11.8. The van der Waals surface area contributed by atoms with Gasteiger partial charge in [0.15, 0.2) is 5.11 Å². The number of hydrogen-bond donors (Lipinski definition) is 1. The first kappa shape index (κ1) is 22.9. The summed E-state index contributed by atoms with van der Waals surface area (Å²) in [5.41, 5.74) is 6.49. The molecule has 1 aliphatic heterocycles. The van der Waals surface area contributed by atoms with E-state index in [1.807, 2.05) is 48.2 Å². The van der Waals surface area contributed by atoms with Crippen molar-refractivity contribution in [3.8, 4) is 11.4 Å². The summed E-state index contributed by atoms with van der Waals surface area (Å²) in [4.78, 5) is 6.62. The molecule has 0 spiro atoms. The number of nitrogens with one attached hydrogen (secondary N) is 1. The molecule has 0 fully saturated rings. The highest BCUT2D eigenvalue weighted by Gasteiger charge is 2.34. The van der Waals surface area contributed by atoms with Crippen molar-refractivity contribution in [3.05, 3.63) is 112 Å². The molecule has 35 heavy (non-hydrogen) atoms. The minimum Gasteiger partial charge on any atom is -0.351 e. The van der Waals surface area contributed by atoms with Crippen molar-refractivity contribution in [1.29, 1.82) is 0 Å². The molecule has 5 nitrogen and oxygen atoms in total. The lowest BCUT2D eigenvalue weighted by molar-refractivity contribution is 0.395. The fourth-order valence-electron chi connectivity index (χ4n) is 4.28. The second kappa shape index (κ2) is 9.43. The van der Waals surface area contributed by atoms with Gasteiger partial charge in [-0.2, -0.15) is 4.98 Å². The molecule has 4 aromatic rings. The van der Waals surface area contributed by atoms with Gasteiger partial charge in [0.05, 0.1) is 18.2 Å². The lowest BCUT2D eigenvalue weighted by Gasteiger charge is -2.37. The zero-order valence-corrected chi connectivity index (χ0v) is 20.6. The molecule has 5 rings (SSSR count). The van der Waals surface area contributed by atoms with Gasteiger partial charge in [-0.1, -0.05) is 71.9 Å². The minimum atomic E-state index is -0.289. The number of hydrogen-bond acceptors (Lipinski definition) is 4. The van der Waals surface area contributed by atoms with Crippen molar-refractivity contribution in [2.24, 2.45) is 0 Å². The third-order valence-electron chi connectivity index (χ3n) is 6.44. The molecule has 0 amide bonds. The second-order valence-corrected chi connectivity index (χ2v) is 9.08. The Kier molecular flexibility index (Phi) is 6.17. The number of benzene rings is 3. The van der Waals surface area contributed by atoms with Crippen LogP contribution in [0.2, 0.25) is 0 Å². The van der Waals surface area contributed by atoms with E-state index in [4.69, 9.17) is 21.7 Å². The molecule has 0 aliphatic carbocycles. The van der Waals surface area contributed by atoms with Gasteiger partial charge >= 0.3 is 0 Å². The molecule has 1 aliphatic rings. The first-order valence-electron chi connectivity index (χ1n) is 11.4. The highest BCUT2D eigenvalue weighted by molar-refractivity contribution is 7.80. The van der Waals surface area contributed by atoms with Crippen molar-refractivity contribution >= 4 is 22.9 Å². The standard InChI is InChI=1S/C28H25FN4OS/c1-17-13-14-21(15-18(17)2)25-24(27-31-26(32-34-27)20-9-5-4-6-10-20)19(3)33(28(35)30-25)16-22-11-7-8-12-23(22)29/h4-15,25H,16H2,1-3H3,(H,30,35). The number of halogens is 1. The number of allylic oxidation sites excluding steroid dienone is 1. The van der Waals surface area contributed by atoms with E-state index in [1.165, 1.54) is 17.2 Å².